The van der Waals surface area contributed by atoms with Gasteiger partial charge in [-0.2, -0.15) is 5.10 Å². The molecule has 3 aromatic heterocycles. The molecule has 4 rings (SSSR count). The summed E-state index contributed by atoms with van der Waals surface area (Å²) in [4.78, 5) is 23.6. The maximum Gasteiger partial charge on any atom is 0.223 e. The maximum absolute atomic E-state index is 12.5. The van der Waals surface area contributed by atoms with Crippen molar-refractivity contribution >= 4 is 22.6 Å². The Hall–Kier alpha value is -2.96. The Labute approximate surface area is 158 Å². The lowest BCUT2D eigenvalue weighted by Gasteiger charge is -2.32. The summed E-state index contributed by atoms with van der Waals surface area (Å²) in [6, 6.07) is 7.74. The van der Waals surface area contributed by atoms with Crippen LogP contribution in [0.3, 0.4) is 0 Å². The highest BCUT2D eigenvalue weighted by Crippen LogP contribution is 2.29. The summed E-state index contributed by atoms with van der Waals surface area (Å²) in [6.07, 6.45) is 5.23. The predicted octanol–water partition coefficient (Wildman–Crippen LogP) is 2.20. The Kier molecular flexibility index (Phi) is 4.75. The van der Waals surface area contributed by atoms with E-state index in [1.54, 1.807) is 6.20 Å². The van der Waals surface area contributed by atoms with Crippen molar-refractivity contribution in [3.8, 4) is 0 Å². The minimum atomic E-state index is 0.0393. The van der Waals surface area contributed by atoms with E-state index >= 15 is 0 Å². The van der Waals surface area contributed by atoms with Crippen molar-refractivity contribution in [3.63, 3.8) is 0 Å². The van der Waals surface area contributed by atoms with Crippen LogP contribution in [0.4, 0.5) is 5.82 Å². The van der Waals surface area contributed by atoms with Crippen molar-refractivity contribution in [3.05, 3.63) is 48.0 Å². The van der Waals surface area contributed by atoms with Crippen molar-refractivity contribution in [2.45, 2.75) is 26.3 Å². The molecule has 7 nitrogen and oxygen atoms in total. The van der Waals surface area contributed by atoms with E-state index in [0.29, 0.717) is 6.54 Å². The maximum atomic E-state index is 12.5. The van der Waals surface area contributed by atoms with Gasteiger partial charge in [0.25, 0.3) is 0 Å². The molecule has 0 saturated carbocycles. The number of nitrogens with one attached hydrogen (secondary N) is 1. The number of aryl methyl sites for hydroxylation is 2. The Bertz CT molecular complexity index is 944. The molecule has 7 heteroatoms. The van der Waals surface area contributed by atoms with Crippen LogP contribution in [0.15, 0.2) is 36.7 Å². The molecule has 140 valence electrons. The zero-order valence-corrected chi connectivity index (χ0v) is 15.7. The molecule has 0 radical (unpaired) electrons. The second kappa shape index (κ2) is 7.34. The normalized spacial score (nSPS) is 15.3. The molecule has 1 N–H and O–H groups in total. The number of hydrogen-bond acceptors (Lipinski definition) is 5. The number of rotatable bonds is 4. The summed E-state index contributed by atoms with van der Waals surface area (Å²) in [5.74, 6) is 1.11. The quantitative estimate of drug-likeness (QED) is 0.768. The lowest BCUT2D eigenvalue weighted by Crippen LogP contribution is -2.40. The van der Waals surface area contributed by atoms with Gasteiger partial charge in [0, 0.05) is 43.8 Å². The van der Waals surface area contributed by atoms with Crippen molar-refractivity contribution in [2.24, 2.45) is 13.0 Å². The first-order valence-electron chi connectivity index (χ1n) is 9.34. The van der Waals surface area contributed by atoms with Crippen LogP contribution in [0, 0.1) is 12.8 Å². The minimum Gasteiger partial charge on any atom is -0.355 e. The summed E-state index contributed by atoms with van der Waals surface area (Å²) < 4.78 is 1.90. The minimum absolute atomic E-state index is 0.0393. The molecule has 27 heavy (non-hydrogen) atoms. The molecule has 0 aliphatic carbocycles. The number of amides is 1. The third kappa shape index (κ3) is 3.49. The molecule has 0 spiro atoms. The average molecular weight is 364 g/mol. The molecule has 1 saturated heterocycles. The first-order valence-corrected chi connectivity index (χ1v) is 9.34. The zero-order valence-electron chi connectivity index (χ0n) is 15.7. The summed E-state index contributed by atoms with van der Waals surface area (Å²) >= 11 is 0. The number of anilines is 1. The van der Waals surface area contributed by atoms with Crippen molar-refractivity contribution < 1.29 is 4.79 Å². The third-order valence-electron chi connectivity index (χ3n) is 5.25. The number of pyridine rings is 2. The van der Waals surface area contributed by atoms with Crippen LogP contribution in [-0.2, 0) is 18.4 Å². The van der Waals surface area contributed by atoms with Gasteiger partial charge in [-0.1, -0.05) is 6.07 Å². The van der Waals surface area contributed by atoms with E-state index in [1.165, 1.54) is 0 Å². The Balaban J connectivity index is 1.40. The summed E-state index contributed by atoms with van der Waals surface area (Å²) in [7, 11) is 1.96. The number of aromatic nitrogens is 4. The molecule has 3 aromatic rings. The Morgan fingerprint density at radius 3 is 2.74 bits per heavy atom. The fourth-order valence-corrected chi connectivity index (χ4v) is 3.79. The second-order valence-electron chi connectivity index (χ2n) is 7.04. The van der Waals surface area contributed by atoms with E-state index in [9.17, 15) is 4.79 Å². The van der Waals surface area contributed by atoms with Crippen LogP contribution in [-0.4, -0.2) is 38.7 Å². The molecule has 1 aliphatic rings. The van der Waals surface area contributed by atoms with Crippen molar-refractivity contribution in [2.75, 3.05) is 18.0 Å². The molecular formula is C20H24N6O. The molecule has 1 amide bonds. The van der Waals surface area contributed by atoms with Crippen LogP contribution in [0.2, 0.25) is 0 Å². The number of carbonyl (C=O) groups excluding carboxylic acids is 1. The van der Waals surface area contributed by atoms with Gasteiger partial charge in [-0.15, -0.1) is 0 Å². The molecule has 4 heterocycles. The van der Waals surface area contributed by atoms with Crippen LogP contribution < -0.4 is 10.2 Å². The van der Waals surface area contributed by atoms with Gasteiger partial charge in [0.15, 0.2) is 5.82 Å². The van der Waals surface area contributed by atoms with E-state index in [4.69, 9.17) is 0 Å². The van der Waals surface area contributed by atoms with Crippen LogP contribution in [0.5, 0.6) is 0 Å². The highest BCUT2D eigenvalue weighted by Gasteiger charge is 2.27. The van der Waals surface area contributed by atoms with Crippen LogP contribution in [0.25, 0.3) is 10.9 Å². The van der Waals surface area contributed by atoms with Gasteiger partial charge >= 0.3 is 0 Å². The number of nitrogens with zero attached hydrogens (tertiary/aromatic N) is 5. The zero-order chi connectivity index (χ0) is 18.8. The lowest BCUT2D eigenvalue weighted by atomic mass is 9.95. The van der Waals surface area contributed by atoms with E-state index in [0.717, 1.165) is 54.0 Å². The van der Waals surface area contributed by atoms with Gasteiger partial charge in [-0.25, -0.2) is 4.98 Å². The van der Waals surface area contributed by atoms with Gasteiger partial charge in [0.05, 0.1) is 17.9 Å². The molecular weight excluding hydrogens is 340 g/mol. The molecule has 0 bridgehead atoms. The Morgan fingerprint density at radius 2 is 2.00 bits per heavy atom. The van der Waals surface area contributed by atoms with Gasteiger partial charge in [-0.05, 0) is 38.0 Å². The standard InChI is InChI=1S/C20H24N6O/c1-14-17-6-10-22-19(18(17)25(2)24-14)26-11-7-15(8-12-26)20(27)23-13-16-5-3-4-9-21-16/h3-6,9-10,15H,7-8,11-13H2,1-2H3,(H,23,27). The average Bonchev–Trinajstić information content (AvgIpc) is 3.01. The van der Waals surface area contributed by atoms with E-state index in [1.807, 2.05) is 49.1 Å². The first-order chi connectivity index (χ1) is 13.1. The van der Waals surface area contributed by atoms with Gasteiger partial charge in [0.2, 0.25) is 5.91 Å². The number of hydrogen-bond donors (Lipinski definition) is 1. The van der Waals surface area contributed by atoms with Crippen molar-refractivity contribution in [1.82, 2.24) is 25.1 Å². The lowest BCUT2D eigenvalue weighted by molar-refractivity contribution is -0.125. The largest absolute Gasteiger partial charge is 0.355 e. The number of fused-ring (bicyclic) bond motifs is 1. The van der Waals surface area contributed by atoms with E-state index in [-0.39, 0.29) is 11.8 Å². The number of carbonyl (C=O) groups is 1. The monoisotopic (exact) mass is 364 g/mol. The van der Waals surface area contributed by atoms with E-state index in [2.05, 4.69) is 25.3 Å². The summed E-state index contributed by atoms with van der Waals surface area (Å²) in [6.45, 7) is 4.13. The predicted molar refractivity (Wildman–Crippen MR) is 104 cm³/mol. The highest BCUT2D eigenvalue weighted by atomic mass is 16.1. The van der Waals surface area contributed by atoms with Crippen LogP contribution >= 0.6 is 0 Å². The SMILES string of the molecule is Cc1nn(C)c2c(N3CCC(C(=O)NCc4ccccn4)CC3)nccc12. The Morgan fingerprint density at radius 1 is 1.19 bits per heavy atom. The fourth-order valence-electron chi connectivity index (χ4n) is 3.79. The van der Waals surface area contributed by atoms with Gasteiger partial charge < -0.3 is 10.2 Å². The molecule has 1 fully saturated rings. The summed E-state index contributed by atoms with van der Waals surface area (Å²) in [5, 5.41) is 8.67. The summed E-state index contributed by atoms with van der Waals surface area (Å²) in [5.41, 5.74) is 2.96. The topological polar surface area (TPSA) is 75.9 Å². The van der Waals surface area contributed by atoms with E-state index < -0.39 is 0 Å². The van der Waals surface area contributed by atoms with Crippen molar-refractivity contribution in [1.29, 1.82) is 0 Å². The fraction of sp³-hybridized carbons (Fsp3) is 0.400. The van der Waals surface area contributed by atoms with Gasteiger partial charge in [-0.3, -0.25) is 14.5 Å². The molecule has 1 aliphatic heterocycles. The first kappa shape index (κ1) is 17.5. The van der Waals surface area contributed by atoms with Gasteiger partial charge in [0.1, 0.15) is 5.52 Å². The highest BCUT2D eigenvalue weighted by molar-refractivity contribution is 5.91. The smallest absolute Gasteiger partial charge is 0.223 e. The van der Waals surface area contributed by atoms with Crippen LogP contribution in [0.1, 0.15) is 24.2 Å². The molecule has 0 unspecified atom stereocenters. The third-order valence-corrected chi connectivity index (χ3v) is 5.25. The number of piperidine rings is 1. The molecule has 0 atom stereocenters. The molecule has 0 aromatic carbocycles. The second-order valence-corrected chi connectivity index (χ2v) is 7.04.